The van der Waals surface area contributed by atoms with E-state index < -0.39 is 0 Å². The smallest absolute Gasteiger partial charge is 0.188 e. The van der Waals surface area contributed by atoms with Crippen LogP contribution in [0.5, 0.6) is 0 Å². The van der Waals surface area contributed by atoms with Crippen molar-refractivity contribution < 1.29 is 4.74 Å². The van der Waals surface area contributed by atoms with Gasteiger partial charge in [-0.05, 0) is 38.8 Å². The Hall–Kier alpha value is -0.810. The first kappa shape index (κ1) is 16.1. The largest absolute Gasteiger partial charge is 0.377 e. The number of likely N-dealkylation sites (tertiary alicyclic amines) is 1. The number of nitrogens with one attached hydrogen (secondary N) is 1. The summed E-state index contributed by atoms with van der Waals surface area (Å²) >= 11 is 0. The highest BCUT2D eigenvalue weighted by Crippen LogP contribution is 2.51. The number of rotatable bonds is 4. The minimum absolute atomic E-state index is 0.147. The van der Waals surface area contributed by atoms with Crippen molar-refractivity contribution >= 4 is 5.96 Å². The molecular formula is C17H32N4O. The summed E-state index contributed by atoms with van der Waals surface area (Å²) in [5, 5.41) is 3.49. The summed E-state index contributed by atoms with van der Waals surface area (Å²) in [6.07, 6.45) is 5.33. The molecule has 3 aliphatic rings. The fourth-order valence-electron chi connectivity index (χ4n) is 4.74. The summed E-state index contributed by atoms with van der Waals surface area (Å²) in [7, 11) is 0. The zero-order chi connectivity index (χ0) is 15.7. The first-order chi connectivity index (χ1) is 10.5. The van der Waals surface area contributed by atoms with Crippen molar-refractivity contribution in [2.75, 3.05) is 26.2 Å². The maximum Gasteiger partial charge on any atom is 0.188 e. The molecule has 0 amide bonds. The molecule has 22 heavy (non-hydrogen) atoms. The standard InChI is InChI=1S/C17H32N4O/c1-4-21-9-5-7-12(21)11-19-16(18)20-14-13-8-6-10-22-15(13)17(14,2)3/h12-15H,4-11H2,1-3H3,(H3,18,19,20). The number of nitrogens with two attached hydrogens (primary N) is 1. The maximum atomic E-state index is 6.17. The zero-order valence-electron chi connectivity index (χ0n) is 14.3. The fraction of sp³-hybridized carbons (Fsp3) is 0.941. The molecule has 5 nitrogen and oxygen atoms in total. The van der Waals surface area contributed by atoms with Gasteiger partial charge in [-0.25, -0.2) is 0 Å². The van der Waals surface area contributed by atoms with Gasteiger partial charge < -0.3 is 15.8 Å². The second-order valence-corrected chi connectivity index (χ2v) is 7.69. The Morgan fingerprint density at radius 3 is 2.95 bits per heavy atom. The van der Waals surface area contributed by atoms with Crippen molar-refractivity contribution in [2.45, 2.75) is 64.6 Å². The summed E-state index contributed by atoms with van der Waals surface area (Å²) in [6, 6.07) is 0.970. The molecule has 2 saturated heterocycles. The molecule has 3 fully saturated rings. The van der Waals surface area contributed by atoms with Crippen LogP contribution in [0.25, 0.3) is 0 Å². The van der Waals surface area contributed by atoms with Crippen LogP contribution in [-0.2, 0) is 4.74 Å². The van der Waals surface area contributed by atoms with Gasteiger partial charge >= 0.3 is 0 Å². The van der Waals surface area contributed by atoms with E-state index in [1.807, 2.05) is 0 Å². The molecule has 2 aliphatic heterocycles. The number of hydrogen-bond donors (Lipinski definition) is 2. The van der Waals surface area contributed by atoms with E-state index in [-0.39, 0.29) is 5.41 Å². The van der Waals surface area contributed by atoms with Crippen molar-refractivity contribution in [3.05, 3.63) is 0 Å². The van der Waals surface area contributed by atoms with Crippen LogP contribution >= 0.6 is 0 Å². The Balaban J connectivity index is 1.55. The third-order valence-corrected chi connectivity index (χ3v) is 6.01. The van der Waals surface area contributed by atoms with E-state index in [4.69, 9.17) is 10.5 Å². The third kappa shape index (κ3) is 2.85. The van der Waals surface area contributed by atoms with Gasteiger partial charge in [0.1, 0.15) is 0 Å². The molecule has 0 aromatic rings. The molecule has 3 rings (SSSR count). The molecule has 0 bridgehead atoms. The summed E-state index contributed by atoms with van der Waals surface area (Å²) in [6.45, 7) is 10.8. The van der Waals surface area contributed by atoms with Gasteiger partial charge in [-0.1, -0.05) is 20.8 Å². The van der Waals surface area contributed by atoms with Gasteiger partial charge in [-0.2, -0.15) is 0 Å². The lowest BCUT2D eigenvalue weighted by Gasteiger charge is -2.60. The van der Waals surface area contributed by atoms with Gasteiger partial charge in [-0.3, -0.25) is 9.89 Å². The number of guanidine groups is 1. The molecule has 3 N–H and O–H groups in total. The average Bonchev–Trinajstić information content (AvgIpc) is 2.98. The molecule has 4 unspecified atom stereocenters. The monoisotopic (exact) mass is 308 g/mol. The van der Waals surface area contributed by atoms with E-state index in [9.17, 15) is 0 Å². The van der Waals surface area contributed by atoms with Crippen LogP contribution in [0, 0.1) is 11.3 Å². The van der Waals surface area contributed by atoms with Crippen LogP contribution in [0.2, 0.25) is 0 Å². The van der Waals surface area contributed by atoms with E-state index >= 15 is 0 Å². The molecule has 1 saturated carbocycles. The van der Waals surface area contributed by atoms with Gasteiger partial charge in [0.15, 0.2) is 5.96 Å². The van der Waals surface area contributed by atoms with Gasteiger partial charge in [-0.15, -0.1) is 0 Å². The van der Waals surface area contributed by atoms with Gasteiger partial charge in [0.05, 0.1) is 12.6 Å². The molecule has 2 heterocycles. The maximum absolute atomic E-state index is 6.17. The summed E-state index contributed by atoms with van der Waals surface area (Å²) in [4.78, 5) is 7.14. The normalized spacial score (nSPS) is 38.4. The van der Waals surface area contributed by atoms with Crippen molar-refractivity contribution in [2.24, 2.45) is 22.1 Å². The quantitative estimate of drug-likeness (QED) is 0.611. The summed E-state index contributed by atoms with van der Waals surface area (Å²) < 4.78 is 5.95. The predicted molar refractivity (Wildman–Crippen MR) is 89.9 cm³/mol. The highest BCUT2D eigenvalue weighted by atomic mass is 16.5. The second kappa shape index (κ2) is 6.36. The Bertz CT molecular complexity index is 423. The Labute approximate surface area is 134 Å². The number of nitrogens with zero attached hydrogens (tertiary/aromatic N) is 2. The molecule has 5 heteroatoms. The van der Waals surface area contributed by atoms with E-state index in [0.717, 1.165) is 19.7 Å². The van der Waals surface area contributed by atoms with Gasteiger partial charge in [0.25, 0.3) is 0 Å². The van der Waals surface area contributed by atoms with E-state index in [1.165, 1.54) is 32.2 Å². The SMILES string of the molecule is CCN1CCCC1CN=C(N)NC1C2CCCOC2C1(C)C. The third-order valence-electron chi connectivity index (χ3n) is 6.01. The second-order valence-electron chi connectivity index (χ2n) is 7.69. The summed E-state index contributed by atoms with van der Waals surface area (Å²) in [5.74, 6) is 1.21. The molecule has 0 spiro atoms. The molecule has 126 valence electrons. The van der Waals surface area contributed by atoms with E-state index in [2.05, 4.69) is 36.0 Å². The minimum Gasteiger partial charge on any atom is -0.377 e. The van der Waals surface area contributed by atoms with Crippen molar-refractivity contribution in [3.8, 4) is 0 Å². The number of hydrogen-bond acceptors (Lipinski definition) is 3. The number of fused-ring (bicyclic) bond motifs is 1. The molecule has 0 aromatic heterocycles. The highest BCUT2D eigenvalue weighted by Gasteiger charge is 2.58. The number of likely N-dealkylation sites (N-methyl/N-ethyl adjacent to an activating group) is 1. The topological polar surface area (TPSA) is 62.9 Å². The van der Waals surface area contributed by atoms with Crippen LogP contribution in [0.15, 0.2) is 4.99 Å². The first-order valence-electron chi connectivity index (χ1n) is 8.96. The van der Waals surface area contributed by atoms with Crippen LogP contribution < -0.4 is 11.1 Å². The molecule has 4 atom stereocenters. The van der Waals surface area contributed by atoms with Crippen molar-refractivity contribution in [1.82, 2.24) is 10.2 Å². The number of ether oxygens (including phenoxy) is 1. The van der Waals surface area contributed by atoms with E-state index in [1.54, 1.807) is 0 Å². The van der Waals surface area contributed by atoms with Crippen LogP contribution in [-0.4, -0.2) is 55.3 Å². The minimum atomic E-state index is 0.147. The van der Waals surface area contributed by atoms with Crippen LogP contribution in [0.4, 0.5) is 0 Å². The van der Waals surface area contributed by atoms with Crippen LogP contribution in [0.3, 0.4) is 0 Å². The Morgan fingerprint density at radius 2 is 2.18 bits per heavy atom. The predicted octanol–water partition coefficient (Wildman–Crippen LogP) is 1.58. The summed E-state index contributed by atoms with van der Waals surface area (Å²) in [5.41, 5.74) is 6.32. The highest BCUT2D eigenvalue weighted by molar-refractivity contribution is 5.78. The van der Waals surface area contributed by atoms with Gasteiger partial charge in [0, 0.05) is 30.0 Å². The lowest BCUT2D eigenvalue weighted by atomic mass is 9.55. The van der Waals surface area contributed by atoms with Crippen LogP contribution in [0.1, 0.15) is 46.5 Å². The van der Waals surface area contributed by atoms with Gasteiger partial charge in [0.2, 0.25) is 0 Å². The molecule has 1 aliphatic carbocycles. The fourth-order valence-corrected chi connectivity index (χ4v) is 4.74. The Kier molecular flexibility index (Phi) is 4.64. The zero-order valence-corrected chi connectivity index (χ0v) is 14.3. The van der Waals surface area contributed by atoms with E-state index in [0.29, 0.717) is 30.1 Å². The Morgan fingerprint density at radius 1 is 1.36 bits per heavy atom. The molecule has 0 aromatic carbocycles. The first-order valence-corrected chi connectivity index (χ1v) is 8.96. The average molecular weight is 308 g/mol. The lowest BCUT2D eigenvalue weighted by Crippen LogP contribution is -2.70. The molecular weight excluding hydrogens is 276 g/mol. The van der Waals surface area contributed by atoms with Crippen molar-refractivity contribution in [1.29, 1.82) is 0 Å². The molecule has 0 radical (unpaired) electrons. The number of aliphatic imine (C=N–C) groups is 1. The van der Waals surface area contributed by atoms with Crippen molar-refractivity contribution in [3.63, 3.8) is 0 Å². The lowest BCUT2D eigenvalue weighted by molar-refractivity contribution is -0.188.